The number of hydrogen-bond acceptors (Lipinski definition) is 8. The van der Waals surface area contributed by atoms with Gasteiger partial charge < -0.3 is 10.1 Å². The van der Waals surface area contributed by atoms with E-state index in [2.05, 4.69) is 10.3 Å². The van der Waals surface area contributed by atoms with E-state index in [4.69, 9.17) is 4.74 Å². The maximum atomic E-state index is 12.6. The lowest BCUT2D eigenvalue weighted by Crippen LogP contribution is -2.16. The summed E-state index contributed by atoms with van der Waals surface area (Å²) in [6.07, 6.45) is 0.0800. The first-order valence-electron chi connectivity index (χ1n) is 8.63. The topological polar surface area (TPSA) is 111 Å². The first-order valence-corrected chi connectivity index (χ1v) is 10.4. The molecule has 3 rings (SSSR count). The highest BCUT2D eigenvalue weighted by Crippen LogP contribution is 2.37. The van der Waals surface area contributed by atoms with E-state index < -0.39 is 10.9 Å². The summed E-state index contributed by atoms with van der Waals surface area (Å²) in [6.45, 7) is 3.70. The molecule has 1 amide bonds. The maximum Gasteiger partial charge on any atom is 0.341 e. The van der Waals surface area contributed by atoms with Crippen LogP contribution in [0.5, 0.6) is 0 Å². The van der Waals surface area contributed by atoms with Gasteiger partial charge in [-0.15, -0.1) is 22.7 Å². The van der Waals surface area contributed by atoms with Crippen molar-refractivity contribution in [3.63, 3.8) is 0 Å². The van der Waals surface area contributed by atoms with Crippen LogP contribution in [0.25, 0.3) is 11.1 Å². The number of carbonyl (C=O) groups excluding carboxylic acids is 2. The molecule has 0 bridgehead atoms. The summed E-state index contributed by atoms with van der Waals surface area (Å²) in [5.41, 5.74) is 1.71. The number of thiophene rings is 1. The molecule has 2 heterocycles. The number of anilines is 1. The third kappa shape index (κ3) is 4.84. The number of ether oxygens (including phenoxy) is 1. The zero-order chi connectivity index (χ0) is 21.0. The number of non-ortho nitro benzene ring substituents is 1. The van der Waals surface area contributed by atoms with Crippen molar-refractivity contribution in [2.45, 2.75) is 20.3 Å². The van der Waals surface area contributed by atoms with Gasteiger partial charge in [0.1, 0.15) is 10.6 Å². The van der Waals surface area contributed by atoms with E-state index in [-0.39, 0.29) is 30.2 Å². The van der Waals surface area contributed by atoms with Gasteiger partial charge in [0.25, 0.3) is 5.69 Å². The molecule has 0 spiro atoms. The minimum atomic E-state index is -0.602. The lowest BCUT2D eigenvalue weighted by molar-refractivity contribution is -0.384. The molecule has 150 valence electrons. The average molecular weight is 431 g/mol. The number of carbonyl (C=O) groups is 2. The van der Waals surface area contributed by atoms with Gasteiger partial charge in [-0.25, -0.2) is 9.78 Å². The van der Waals surface area contributed by atoms with Crippen LogP contribution in [0.15, 0.2) is 35.0 Å². The quantitative estimate of drug-likeness (QED) is 0.336. The Morgan fingerprint density at radius 2 is 2.07 bits per heavy atom. The number of nitro groups is 1. The number of nitro benzene ring substituents is 1. The molecule has 0 radical (unpaired) electrons. The van der Waals surface area contributed by atoms with E-state index in [1.807, 2.05) is 12.3 Å². The van der Waals surface area contributed by atoms with Crippen molar-refractivity contribution in [2.24, 2.45) is 0 Å². The Morgan fingerprint density at radius 1 is 1.28 bits per heavy atom. The number of aryl methyl sites for hydroxylation is 1. The zero-order valence-corrected chi connectivity index (χ0v) is 17.3. The highest BCUT2D eigenvalue weighted by Gasteiger charge is 2.24. The number of nitrogens with zero attached hydrogens (tertiary/aromatic N) is 2. The molecule has 0 saturated carbocycles. The normalized spacial score (nSPS) is 10.6. The standard InChI is InChI=1S/C19H17N3O5S2/c1-3-27-19(24)17-15(12-5-4-6-14(7-12)22(25)26)10-29-18(17)21-16(23)8-13-9-28-11(2)20-13/h4-7,9-10H,3,8H2,1-2H3,(H,21,23). The fraction of sp³-hybridized carbons (Fsp3) is 0.211. The molecule has 1 N–H and O–H groups in total. The summed E-state index contributed by atoms with van der Waals surface area (Å²) in [5, 5.41) is 18.5. The van der Waals surface area contributed by atoms with Gasteiger partial charge in [-0.05, 0) is 19.4 Å². The van der Waals surface area contributed by atoms with Crippen LogP contribution in [-0.2, 0) is 16.0 Å². The molecular weight excluding hydrogens is 414 g/mol. The van der Waals surface area contributed by atoms with Gasteiger partial charge in [0, 0.05) is 28.5 Å². The molecule has 1 aromatic carbocycles. The average Bonchev–Trinajstić information content (AvgIpc) is 3.28. The number of thiazole rings is 1. The van der Waals surface area contributed by atoms with Gasteiger partial charge in [0.05, 0.1) is 28.7 Å². The lowest BCUT2D eigenvalue weighted by atomic mass is 10.0. The number of aromatic nitrogens is 1. The van der Waals surface area contributed by atoms with E-state index in [9.17, 15) is 19.7 Å². The second kappa shape index (κ2) is 8.93. The highest BCUT2D eigenvalue weighted by atomic mass is 32.1. The molecular formula is C19H17N3O5S2. The summed E-state index contributed by atoms with van der Waals surface area (Å²) >= 11 is 2.62. The number of amides is 1. The Bertz CT molecular complexity index is 1070. The summed E-state index contributed by atoms with van der Waals surface area (Å²) in [5.74, 6) is -0.914. The Labute approximate surface area is 174 Å². The summed E-state index contributed by atoms with van der Waals surface area (Å²) in [4.78, 5) is 39.9. The highest BCUT2D eigenvalue weighted by molar-refractivity contribution is 7.15. The molecule has 0 aliphatic heterocycles. The van der Waals surface area contributed by atoms with Crippen molar-refractivity contribution in [1.82, 2.24) is 4.98 Å². The summed E-state index contributed by atoms with van der Waals surface area (Å²) < 4.78 is 5.14. The van der Waals surface area contributed by atoms with Crippen LogP contribution in [0.2, 0.25) is 0 Å². The fourth-order valence-electron chi connectivity index (χ4n) is 2.68. The monoisotopic (exact) mass is 431 g/mol. The van der Waals surface area contributed by atoms with Gasteiger partial charge in [0.15, 0.2) is 0 Å². The SMILES string of the molecule is CCOC(=O)c1c(-c2cccc([N+](=O)[O-])c2)csc1NC(=O)Cc1csc(C)n1. The van der Waals surface area contributed by atoms with Crippen LogP contribution < -0.4 is 5.32 Å². The second-order valence-corrected chi connectivity index (χ2v) is 7.91. The van der Waals surface area contributed by atoms with Crippen molar-refractivity contribution in [2.75, 3.05) is 11.9 Å². The molecule has 0 fully saturated rings. The number of nitrogens with one attached hydrogen (secondary N) is 1. The molecule has 0 aliphatic rings. The molecule has 8 nitrogen and oxygen atoms in total. The van der Waals surface area contributed by atoms with Gasteiger partial charge >= 0.3 is 5.97 Å². The Hall–Kier alpha value is -3.11. The van der Waals surface area contributed by atoms with Crippen molar-refractivity contribution >= 4 is 45.2 Å². The van der Waals surface area contributed by atoms with E-state index in [0.29, 0.717) is 21.8 Å². The number of esters is 1. The Morgan fingerprint density at radius 3 is 2.72 bits per heavy atom. The first kappa shape index (κ1) is 20.6. The predicted molar refractivity (Wildman–Crippen MR) is 112 cm³/mol. The molecule has 0 atom stereocenters. The molecule has 29 heavy (non-hydrogen) atoms. The van der Waals surface area contributed by atoms with Gasteiger partial charge in [0.2, 0.25) is 5.91 Å². The number of hydrogen-bond donors (Lipinski definition) is 1. The minimum absolute atomic E-state index is 0.0800. The molecule has 0 aliphatic carbocycles. The second-order valence-electron chi connectivity index (χ2n) is 5.96. The zero-order valence-electron chi connectivity index (χ0n) is 15.6. The molecule has 10 heteroatoms. The Balaban J connectivity index is 1.93. The van der Waals surface area contributed by atoms with Crippen molar-refractivity contribution in [3.8, 4) is 11.1 Å². The van der Waals surface area contributed by atoms with Crippen molar-refractivity contribution < 1.29 is 19.2 Å². The van der Waals surface area contributed by atoms with E-state index in [1.54, 1.807) is 24.4 Å². The van der Waals surface area contributed by atoms with Gasteiger partial charge in [-0.1, -0.05) is 12.1 Å². The summed E-state index contributed by atoms with van der Waals surface area (Å²) in [6, 6.07) is 5.97. The molecule has 3 aromatic rings. The van der Waals surface area contributed by atoms with Crippen LogP contribution in [0.3, 0.4) is 0 Å². The van der Waals surface area contributed by atoms with Crippen LogP contribution in [0.1, 0.15) is 28.0 Å². The molecule has 0 saturated heterocycles. The van der Waals surface area contributed by atoms with Crippen LogP contribution in [-0.4, -0.2) is 28.4 Å². The fourth-order valence-corrected chi connectivity index (χ4v) is 4.27. The smallest absolute Gasteiger partial charge is 0.341 e. The van der Waals surface area contributed by atoms with Crippen LogP contribution in [0, 0.1) is 17.0 Å². The number of rotatable bonds is 7. The van der Waals surface area contributed by atoms with Crippen molar-refractivity contribution in [3.05, 3.63) is 61.4 Å². The minimum Gasteiger partial charge on any atom is -0.462 e. The molecule has 2 aromatic heterocycles. The van der Waals surface area contributed by atoms with Gasteiger partial charge in [-0.2, -0.15) is 0 Å². The van der Waals surface area contributed by atoms with Gasteiger partial charge in [-0.3, -0.25) is 14.9 Å². The third-order valence-electron chi connectivity index (χ3n) is 3.90. The largest absolute Gasteiger partial charge is 0.462 e. The van der Waals surface area contributed by atoms with Crippen LogP contribution >= 0.6 is 22.7 Å². The van der Waals surface area contributed by atoms with E-state index in [1.165, 1.54) is 23.5 Å². The van der Waals surface area contributed by atoms with Crippen LogP contribution in [0.4, 0.5) is 10.7 Å². The predicted octanol–water partition coefficient (Wildman–Crippen LogP) is 4.45. The third-order valence-corrected chi connectivity index (χ3v) is 5.62. The molecule has 0 unspecified atom stereocenters. The Kier molecular flexibility index (Phi) is 6.35. The summed E-state index contributed by atoms with van der Waals surface area (Å²) in [7, 11) is 0. The lowest BCUT2D eigenvalue weighted by Gasteiger charge is -2.08. The van der Waals surface area contributed by atoms with E-state index in [0.717, 1.165) is 16.3 Å². The first-order chi connectivity index (χ1) is 13.9. The van der Waals surface area contributed by atoms with Crippen molar-refractivity contribution in [1.29, 1.82) is 0 Å². The maximum absolute atomic E-state index is 12.6. The van der Waals surface area contributed by atoms with E-state index >= 15 is 0 Å². The number of benzene rings is 1.